The van der Waals surface area contributed by atoms with Crippen LogP contribution in [0.4, 0.5) is 0 Å². The number of ether oxygens (including phenoxy) is 3. The average Bonchev–Trinajstić information content (AvgIpc) is 2.02. The highest BCUT2D eigenvalue weighted by atomic mass is 16.5. The van der Waals surface area contributed by atoms with E-state index in [0.717, 1.165) is 0 Å². The van der Waals surface area contributed by atoms with Crippen LogP contribution < -0.4 is 0 Å². The summed E-state index contributed by atoms with van der Waals surface area (Å²) >= 11 is 0. The Morgan fingerprint density at radius 2 is 1.67 bits per heavy atom. The quantitative estimate of drug-likeness (QED) is 0.410. The van der Waals surface area contributed by atoms with Crippen LogP contribution in [0, 0.1) is 6.92 Å². The second-order valence-electron chi connectivity index (χ2n) is 2.28. The van der Waals surface area contributed by atoms with Gasteiger partial charge < -0.3 is 14.2 Å². The summed E-state index contributed by atoms with van der Waals surface area (Å²) in [5, 5.41) is 0. The zero-order valence-electron chi connectivity index (χ0n) is 7.67. The fourth-order valence-corrected chi connectivity index (χ4v) is 0.597. The van der Waals surface area contributed by atoms with E-state index < -0.39 is 0 Å². The van der Waals surface area contributed by atoms with Crippen molar-refractivity contribution in [1.29, 1.82) is 0 Å². The molecule has 3 nitrogen and oxygen atoms in total. The minimum absolute atomic E-state index is 0.492. The van der Waals surface area contributed by atoms with E-state index in [9.17, 15) is 0 Å². The van der Waals surface area contributed by atoms with Gasteiger partial charge in [-0.05, 0) is 13.8 Å². The molecule has 0 atom stereocenters. The number of allylic oxidation sites excluding steroid dienone is 1. The molecule has 0 rings (SSSR count). The van der Waals surface area contributed by atoms with E-state index in [-0.39, 0.29) is 0 Å². The van der Waals surface area contributed by atoms with Crippen molar-refractivity contribution in [3.8, 4) is 0 Å². The van der Waals surface area contributed by atoms with Gasteiger partial charge in [0.25, 0.3) is 0 Å². The molecular formula is C9H17O3. The summed E-state index contributed by atoms with van der Waals surface area (Å²) in [5.41, 5.74) is 0. The maximum Gasteiger partial charge on any atom is 0.111 e. The molecule has 3 heteroatoms. The average molecular weight is 173 g/mol. The molecule has 0 spiro atoms. The van der Waals surface area contributed by atoms with Crippen LogP contribution in [0.2, 0.25) is 0 Å². The van der Waals surface area contributed by atoms with Crippen LogP contribution in [0.5, 0.6) is 0 Å². The molecule has 0 amide bonds. The van der Waals surface area contributed by atoms with Gasteiger partial charge in [-0.15, -0.1) is 0 Å². The van der Waals surface area contributed by atoms with E-state index in [4.69, 9.17) is 14.2 Å². The molecule has 0 aliphatic carbocycles. The van der Waals surface area contributed by atoms with E-state index >= 15 is 0 Å². The van der Waals surface area contributed by atoms with Crippen molar-refractivity contribution in [2.24, 2.45) is 0 Å². The summed E-state index contributed by atoms with van der Waals surface area (Å²) in [4.78, 5) is 0. The highest BCUT2D eigenvalue weighted by Gasteiger charge is 1.89. The Morgan fingerprint density at radius 1 is 1.08 bits per heavy atom. The van der Waals surface area contributed by atoms with Gasteiger partial charge in [-0.25, -0.2) is 0 Å². The first kappa shape index (κ1) is 11.5. The molecule has 0 aliphatic heterocycles. The van der Waals surface area contributed by atoms with Gasteiger partial charge in [-0.1, -0.05) is 6.58 Å². The second-order valence-corrected chi connectivity index (χ2v) is 2.28. The largest absolute Gasteiger partial charge is 0.496 e. The van der Waals surface area contributed by atoms with Crippen LogP contribution >= 0.6 is 0 Å². The van der Waals surface area contributed by atoms with Crippen LogP contribution in [-0.4, -0.2) is 33.0 Å². The molecule has 0 aromatic heterocycles. The molecule has 0 N–H and O–H groups in total. The van der Waals surface area contributed by atoms with E-state index in [2.05, 4.69) is 13.5 Å². The van der Waals surface area contributed by atoms with Gasteiger partial charge >= 0.3 is 0 Å². The molecule has 12 heavy (non-hydrogen) atoms. The van der Waals surface area contributed by atoms with E-state index in [1.54, 1.807) is 0 Å². The minimum atomic E-state index is 0.492. The van der Waals surface area contributed by atoms with Crippen LogP contribution in [-0.2, 0) is 14.2 Å². The third-order valence-corrected chi connectivity index (χ3v) is 1.09. The fraction of sp³-hybridized carbons (Fsp3) is 0.667. The number of hydrogen-bond donors (Lipinski definition) is 0. The predicted octanol–water partition coefficient (Wildman–Crippen LogP) is 1.40. The fourth-order valence-electron chi connectivity index (χ4n) is 0.597. The summed E-state index contributed by atoms with van der Waals surface area (Å²) in [7, 11) is 0. The Morgan fingerprint density at radius 3 is 2.25 bits per heavy atom. The normalized spacial score (nSPS) is 9.83. The maximum absolute atomic E-state index is 5.17. The van der Waals surface area contributed by atoms with Crippen molar-refractivity contribution in [2.45, 2.75) is 6.92 Å². The molecule has 0 saturated carbocycles. The lowest BCUT2D eigenvalue weighted by molar-refractivity contribution is 0.0340. The predicted molar refractivity (Wildman–Crippen MR) is 47.8 cm³/mol. The Labute approximate surface area is 74.3 Å². The highest BCUT2D eigenvalue weighted by molar-refractivity contribution is 4.72. The SMILES string of the molecule is [CH2]COCCOCCOC(=C)C. The molecule has 0 fully saturated rings. The molecule has 0 saturated heterocycles. The number of rotatable bonds is 8. The molecule has 0 aromatic rings. The topological polar surface area (TPSA) is 27.7 Å². The molecule has 0 aliphatic rings. The van der Waals surface area contributed by atoms with Gasteiger partial charge in [-0.3, -0.25) is 0 Å². The maximum atomic E-state index is 5.17. The van der Waals surface area contributed by atoms with Gasteiger partial charge in [0.05, 0.1) is 25.6 Å². The first-order valence-electron chi connectivity index (χ1n) is 4.00. The van der Waals surface area contributed by atoms with Crippen molar-refractivity contribution in [3.05, 3.63) is 19.3 Å². The molecule has 71 valence electrons. The third kappa shape index (κ3) is 9.46. The van der Waals surface area contributed by atoms with Crippen LogP contribution in [0.1, 0.15) is 6.92 Å². The van der Waals surface area contributed by atoms with Gasteiger partial charge in [0, 0.05) is 6.61 Å². The van der Waals surface area contributed by atoms with Crippen LogP contribution in [0.3, 0.4) is 0 Å². The van der Waals surface area contributed by atoms with Crippen molar-refractivity contribution < 1.29 is 14.2 Å². The smallest absolute Gasteiger partial charge is 0.111 e. The third-order valence-electron chi connectivity index (χ3n) is 1.09. The standard InChI is InChI=1S/C9H17O3/c1-4-10-5-6-11-7-8-12-9(2)3/h1-2,4-8H2,3H3. The molecular weight excluding hydrogens is 156 g/mol. The molecule has 0 unspecified atom stereocenters. The zero-order chi connectivity index (χ0) is 9.23. The lowest BCUT2D eigenvalue weighted by Gasteiger charge is -2.05. The summed E-state index contributed by atoms with van der Waals surface area (Å²) < 4.78 is 15.2. The summed E-state index contributed by atoms with van der Waals surface area (Å²) in [5.74, 6) is 0.715. The van der Waals surface area contributed by atoms with Gasteiger partial charge in [-0.2, -0.15) is 0 Å². The van der Waals surface area contributed by atoms with Crippen LogP contribution in [0.25, 0.3) is 0 Å². The monoisotopic (exact) mass is 173 g/mol. The Hall–Kier alpha value is -0.540. The summed E-state index contributed by atoms with van der Waals surface area (Å²) in [6.07, 6.45) is 0. The Balaban J connectivity index is 2.86. The van der Waals surface area contributed by atoms with Crippen molar-refractivity contribution in [3.63, 3.8) is 0 Å². The number of hydrogen-bond acceptors (Lipinski definition) is 3. The molecule has 0 aromatic carbocycles. The Bertz CT molecular complexity index is 112. The van der Waals surface area contributed by atoms with E-state index in [1.807, 2.05) is 6.92 Å². The van der Waals surface area contributed by atoms with Gasteiger partial charge in [0.15, 0.2) is 0 Å². The zero-order valence-corrected chi connectivity index (χ0v) is 7.67. The minimum Gasteiger partial charge on any atom is -0.496 e. The lowest BCUT2D eigenvalue weighted by Crippen LogP contribution is -2.08. The lowest BCUT2D eigenvalue weighted by atomic mass is 10.6. The van der Waals surface area contributed by atoms with Gasteiger partial charge in [0.1, 0.15) is 6.61 Å². The molecule has 0 bridgehead atoms. The summed E-state index contributed by atoms with van der Waals surface area (Å²) in [6, 6.07) is 0. The second kappa shape index (κ2) is 8.56. The highest BCUT2D eigenvalue weighted by Crippen LogP contribution is 1.89. The van der Waals surface area contributed by atoms with Crippen molar-refractivity contribution >= 4 is 0 Å². The van der Waals surface area contributed by atoms with Crippen molar-refractivity contribution in [2.75, 3.05) is 33.0 Å². The summed E-state index contributed by atoms with van der Waals surface area (Å²) in [6.45, 7) is 11.7. The first-order chi connectivity index (χ1) is 5.77. The van der Waals surface area contributed by atoms with Gasteiger partial charge in [0.2, 0.25) is 0 Å². The van der Waals surface area contributed by atoms with E-state index in [1.165, 1.54) is 0 Å². The first-order valence-corrected chi connectivity index (χ1v) is 4.00. The molecule has 1 radical (unpaired) electrons. The Kier molecular flexibility index (Phi) is 8.17. The van der Waals surface area contributed by atoms with Crippen molar-refractivity contribution in [1.82, 2.24) is 0 Å². The van der Waals surface area contributed by atoms with Crippen LogP contribution in [0.15, 0.2) is 12.3 Å². The molecule has 0 heterocycles. The van der Waals surface area contributed by atoms with E-state index in [0.29, 0.717) is 38.8 Å².